The highest BCUT2D eigenvalue weighted by molar-refractivity contribution is 5.47. The number of rotatable bonds is 5. The SMILES string of the molecule is Cc1cccc(NC(CO)c2cncn2C(C)C)c1. The van der Waals surface area contributed by atoms with E-state index >= 15 is 0 Å². The Morgan fingerprint density at radius 3 is 2.79 bits per heavy atom. The number of nitrogens with one attached hydrogen (secondary N) is 1. The van der Waals surface area contributed by atoms with Crippen molar-refractivity contribution in [3.63, 3.8) is 0 Å². The number of benzene rings is 1. The molecule has 0 aliphatic carbocycles. The third kappa shape index (κ3) is 3.15. The van der Waals surface area contributed by atoms with Crippen molar-refractivity contribution in [1.29, 1.82) is 0 Å². The molecule has 1 atom stereocenters. The van der Waals surface area contributed by atoms with Gasteiger partial charge in [0.25, 0.3) is 0 Å². The number of imidazole rings is 1. The van der Waals surface area contributed by atoms with Gasteiger partial charge in [0.05, 0.1) is 30.9 Å². The van der Waals surface area contributed by atoms with E-state index in [9.17, 15) is 5.11 Å². The second kappa shape index (κ2) is 5.89. The Hall–Kier alpha value is -1.81. The molecule has 0 spiro atoms. The van der Waals surface area contributed by atoms with Crippen LogP contribution >= 0.6 is 0 Å². The van der Waals surface area contributed by atoms with Crippen molar-refractivity contribution in [3.8, 4) is 0 Å². The molecular weight excluding hydrogens is 238 g/mol. The first kappa shape index (κ1) is 13.6. The summed E-state index contributed by atoms with van der Waals surface area (Å²) in [6.45, 7) is 6.29. The van der Waals surface area contributed by atoms with Crippen LogP contribution in [-0.4, -0.2) is 21.3 Å². The average molecular weight is 259 g/mol. The molecule has 0 aliphatic heterocycles. The molecule has 0 radical (unpaired) electrons. The van der Waals surface area contributed by atoms with E-state index in [4.69, 9.17) is 0 Å². The first-order chi connectivity index (χ1) is 9.11. The normalized spacial score (nSPS) is 12.7. The fourth-order valence-electron chi connectivity index (χ4n) is 2.17. The lowest BCUT2D eigenvalue weighted by Gasteiger charge is -2.21. The molecule has 1 heterocycles. The maximum Gasteiger partial charge on any atom is 0.0951 e. The Morgan fingerprint density at radius 2 is 2.16 bits per heavy atom. The summed E-state index contributed by atoms with van der Waals surface area (Å²) in [4.78, 5) is 4.18. The topological polar surface area (TPSA) is 50.1 Å². The van der Waals surface area contributed by atoms with Gasteiger partial charge in [0, 0.05) is 11.7 Å². The fourth-order valence-corrected chi connectivity index (χ4v) is 2.17. The molecule has 1 aromatic heterocycles. The van der Waals surface area contributed by atoms with Crippen LogP contribution in [0, 0.1) is 6.92 Å². The molecule has 0 aliphatic rings. The molecular formula is C15H21N3O. The fraction of sp³-hybridized carbons (Fsp3) is 0.400. The van der Waals surface area contributed by atoms with Crippen LogP contribution in [0.25, 0.3) is 0 Å². The molecule has 4 nitrogen and oxygen atoms in total. The lowest BCUT2D eigenvalue weighted by Crippen LogP contribution is -2.19. The van der Waals surface area contributed by atoms with Crippen LogP contribution in [0.4, 0.5) is 5.69 Å². The predicted octanol–water partition coefficient (Wildman–Crippen LogP) is 2.92. The summed E-state index contributed by atoms with van der Waals surface area (Å²) in [5.74, 6) is 0. The van der Waals surface area contributed by atoms with Gasteiger partial charge in [-0.25, -0.2) is 4.98 Å². The maximum absolute atomic E-state index is 9.63. The second-order valence-corrected chi connectivity index (χ2v) is 5.07. The number of nitrogens with zero attached hydrogens (tertiary/aromatic N) is 2. The minimum Gasteiger partial charge on any atom is -0.394 e. The highest BCUT2D eigenvalue weighted by Crippen LogP contribution is 2.22. The van der Waals surface area contributed by atoms with E-state index in [0.29, 0.717) is 6.04 Å². The third-order valence-corrected chi connectivity index (χ3v) is 3.15. The zero-order chi connectivity index (χ0) is 13.8. The van der Waals surface area contributed by atoms with E-state index in [-0.39, 0.29) is 12.6 Å². The van der Waals surface area contributed by atoms with E-state index in [1.165, 1.54) is 5.56 Å². The predicted molar refractivity (Wildman–Crippen MR) is 77.2 cm³/mol. The van der Waals surface area contributed by atoms with Gasteiger partial charge in [-0.05, 0) is 38.5 Å². The van der Waals surface area contributed by atoms with Crippen molar-refractivity contribution in [1.82, 2.24) is 9.55 Å². The lowest BCUT2D eigenvalue weighted by molar-refractivity contribution is 0.271. The number of hydrogen-bond donors (Lipinski definition) is 2. The number of hydrogen-bond acceptors (Lipinski definition) is 3. The van der Waals surface area contributed by atoms with Gasteiger partial charge in [-0.1, -0.05) is 12.1 Å². The molecule has 0 fully saturated rings. The lowest BCUT2D eigenvalue weighted by atomic mass is 10.1. The summed E-state index contributed by atoms with van der Waals surface area (Å²) in [6.07, 6.45) is 3.62. The third-order valence-electron chi connectivity index (χ3n) is 3.15. The Kier molecular flexibility index (Phi) is 4.22. The van der Waals surface area contributed by atoms with Crippen molar-refractivity contribution >= 4 is 5.69 Å². The van der Waals surface area contributed by atoms with Crippen molar-refractivity contribution in [2.45, 2.75) is 32.9 Å². The molecule has 2 rings (SSSR count). The largest absolute Gasteiger partial charge is 0.394 e. The summed E-state index contributed by atoms with van der Waals surface area (Å²) in [6, 6.07) is 8.31. The van der Waals surface area contributed by atoms with Gasteiger partial charge in [-0.3, -0.25) is 0 Å². The van der Waals surface area contributed by atoms with Crippen LogP contribution in [0.2, 0.25) is 0 Å². The van der Waals surface area contributed by atoms with Crippen LogP contribution in [0.3, 0.4) is 0 Å². The Morgan fingerprint density at radius 1 is 1.37 bits per heavy atom. The van der Waals surface area contributed by atoms with E-state index in [1.807, 2.05) is 18.3 Å². The quantitative estimate of drug-likeness (QED) is 0.868. The van der Waals surface area contributed by atoms with Crippen molar-refractivity contribution in [3.05, 3.63) is 48.0 Å². The van der Waals surface area contributed by atoms with Crippen LogP contribution in [0.15, 0.2) is 36.8 Å². The molecule has 1 unspecified atom stereocenters. The first-order valence-corrected chi connectivity index (χ1v) is 6.57. The first-order valence-electron chi connectivity index (χ1n) is 6.57. The number of aliphatic hydroxyl groups is 1. The Bertz CT molecular complexity index is 534. The van der Waals surface area contributed by atoms with Gasteiger partial charge < -0.3 is 15.0 Å². The maximum atomic E-state index is 9.63. The molecule has 2 N–H and O–H groups in total. The zero-order valence-electron chi connectivity index (χ0n) is 11.7. The number of anilines is 1. The van der Waals surface area contributed by atoms with Crippen LogP contribution in [-0.2, 0) is 0 Å². The minimum absolute atomic E-state index is 0.0341. The minimum atomic E-state index is -0.147. The Balaban J connectivity index is 2.23. The monoisotopic (exact) mass is 259 g/mol. The molecule has 1 aromatic carbocycles. The molecule has 0 saturated heterocycles. The van der Waals surface area contributed by atoms with Gasteiger partial charge >= 0.3 is 0 Å². The number of aryl methyl sites for hydroxylation is 1. The summed E-state index contributed by atoms with van der Waals surface area (Å²) in [7, 11) is 0. The van der Waals surface area contributed by atoms with Crippen molar-refractivity contribution in [2.75, 3.05) is 11.9 Å². The molecule has 102 valence electrons. The highest BCUT2D eigenvalue weighted by Gasteiger charge is 2.16. The van der Waals surface area contributed by atoms with Crippen LogP contribution in [0.1, 0.15) is 37.2 Å². The highest BCUT2D eigenvalue weighted by atomic mass is 16.3. The van der Waals surface area contributed by atoms with Gasteiger partial charge in [-0.2, -0.15) is 0 Å². The Labute approximate surface area is 114 Å². The molecule has 0 bridgehead atoms. The van der Waals surface area contributed by atoms with Crippen LogP contribution < -0.4 is 5.32 Å². The zero-order valence-corrected chi connectivity index (χ0v) is 11.7. The second-order valence-electron chi connectivity index (χ2n) is 5.07. The summed E-state index contributed by atoms with van der Waals surface area (Å²) in [5, 5.41) is 13.0. The van der Waals surface area contributed by atoms with Gasteiger partial charge in [0.1, 0.15) is 0 Å². The van der Waals surface area contributed by atoms with Gasteiger partial charge in [0.2, 0.25) is 0 Å². The summed E-state index contributed by atoms with van der Waals surface area (Å²) < 4.78 is 2.07. The average Bonchev–Trinajstić information content (AvgIpc) is 2.85. The van der Waals surface area contributed by atoms with E-state index in [0.717, 1.165) is 11.4 Å². The van der Waals surface area contributed by atoms with Crippen molar-refractivity contribution in [2.24, 2.45) is 0 Å². The molecule has 2 aromatic rings. The van der Waals surface area contributed by atoms with E-state index < -0.39 is 0 Å². The van der Waals surface area contributed by atoms with Crippen molar-refractivity contribution < 1.29 is 5.11 Å². The standard InChI is InChI=1S/C15H21N3O/c1-11(2)18-10-16-8-15(18)14(9-19)17-13-6-4-5-12(3)7-13/h4-8,10-11,14,17,19H,9H2,1-3H3. The molecule has 19 heavy (non-hydrogen) atoms. The summed E-state index contributed by atoms with van der Waals surface area (Å²) in [5.41, 5.74) is 3.20. The van der Waals surface area contributed by atoms with Crippen LogP contribution in [0.5, 0.6) is 0 Å². The molecule has 4 heteroatoms. The smallest absolute Gasteiger partial charge is 0.0951 e. The molecule has 0 amide bonds. The molecule has 0 saturated carbocycles. The van der Waals surface area contributed by atoms with Gasteiger partial charge in [0.15, 0.2) is 0 Å². The summed E-state index contributed by atoms with van der Waals surface area (Å²) >= 11 is 0. The number of aromatic nitrogens is 2. The van der Waals surface area contributed by atoms with E-state index in [2.05, 4.69) is 47.8 Å². The number of aliphatic hydroxyl groups excluding tert-OH is 1. The van der Waals surface area contributed by atoms with E-state index in [1.54, 1.807) is 6.33 Å². The van der Waals surface area contributed by atoms with Gasteiger partial charge in [-0.15, -0.1) is 0 Å².